The van der Waals surface area contributed by atoms with Crippen LogP contribution in [0.2, 0.25) is 5.02 Å². The largest absolute Gasteiger partial charge is 0.320 e. The molecule has 0 aliphatic carbocycles. The van der Waals surface area contributed by atoms with Gasteiger partial charge < -0.3 is 5.32 Å². The van der Waals surface area contributed by atoms with E-state index in [4.69, 9.17) is 11.6 Å². The minimum absolute atomic E-state index is 0.0148. The van der Waals surface area contributed by atoms with Gasteiger partial charge in [-0.25, -0.2) is 0 Å². The number of hydrogen-bond donors (Lipinski definition) is 1. The van der Waals surface area contributed by atoms with E-state index in [9.17, 15) is 14.9 Å². The summed E-state index contributed by atoms with van der Waals surface area (Å²) in [4.78, 5) is 22.7. The smallest absolute Gasteiger partial charge is 0.292 e. The van der Waals surface area contributed by atoms with Gasteiger partial charge in [0, 0.05) is 11.1 Å². The number of aromatic nitrogens is 4. The number of anilines is 1. The number of nitro benzene ring substituents is 1. The molecule has 0 aliphatic heterocycles. The van der Waals surface area contributed by atoms with Crippen molar-refractivity contribution in [2.24, 2.45) is 0 Å². The summed E-state index contributed by atoms with van der Waals surface area (Å²) in [7, 11) is 0. The molecule has 0 saturated heterocycles. The Bertz CT molecular complexity index is 1010. The van der Waals surface area contributed by atoms with Crippen molar-refractivity contribution >= 4 is 40.6 Å². The molecule has 0 unspecified atom stereocenters. The minimum atomic E-state index is -0.549. The summed E-state index contributed by atoms with van der Waals surface area (Å²) in [6, 6.07) is 11.2. The molecule has 138 valence electrons. The van der Waals surface area contributed by atoms with Crippen LogP contribution in [-0.4, -0.2) is 36.8 Å². The second-order valence-corrected chi connectivity index (χ2v) is 6.79. The molecule has 0 atom stereocenters. The number of para-hydroxylation sites is 2. The molecule has 27 heavy (non-hydrogen) atoms. The van der Waals surface area contributed by atoms with Crippen molar-refractivity contribution in [3.8, 4) is 5.69 Å². The fourth-order valence-electron chi connectivity index (χ4n) is 2.33. The van der Waals surface area contributed by atoms with E-state index in [0.717, 1.165) is 23.0 Å². The van der Waals surface area contributed by atoms with E-state index in [1.54, 1.807) is 24.3 Å². The Morgan fingerprint density at radius 1 is 1.33 bits per heavy atom. The SMILES string of the molecule is Cc1cc(Cl)ccc1-n1nnnc1SCC(=O)Nc1ccccc1[N+](=O)[O-]. The maximum Gasteiger partial charge on any atom is 0.292 e. The van der Waals surface area contributed by atoms with E-state index in [0.29, 0.717) is 10.2 Å². The fraction of sp³-hybridized carbons (Fsp3) is 0.125. The zero-order chi connectivity index (χ0) is 19.4. The summed E-state index contributed by atoms with van der Waals surface area (Å²) in [5.74, 6) is -0.421. The highest BCUT2D eigenvalue weighted by Gasteiger charge is 2.17. The highest BCUT2D eigenvalue weighted by Crippen LogP contribution is 2.25. The summed E-state index contributed by atoms with van der Waals surface area (Å²) in [6.45, 7) is 1.87. The van der Waals surface area contributed by atoms with Crippen LogP contribution in [0.1, 0.15) is 5.56 Å². The number of amides is 1. The third kappa shape index (κ3) is 4.41. The predicted molar refractivity (Wildman–Crippen MR) is 101 cm³/mol. The molecular weight excluding hydrogens is 392 g/mol. The number of aryl methyl sites for hydroxylation is 1. The Morgan fingerprint density at radius 3 is 2.85 bits per heavy atom. The van der Waals surface area contributed by atoms with Crippen molar-refractivity contribution in [1.29, 1.82) is 0 Å². The number of benzene rings is 2. The van der Waals surface area contributed by atoms with E-state index in [1.807, 2.05) is 6.92 Å². The van der Waals surface area contributed by atoms with E-state index < -0.39 is 10.8 Å². The van der Waals surface area contributed by atoms with Gasteiger partial charge in [-0.1, -0.05) is 35.5 Å². The number of carbonyl (C=O) groups is 1. The Labute approximate surface area is 162 Å². The van der Waals surface area contributed by atoms with Crippen molar-refractivity contribution in [3.63, 3.8) is 0 Å². The number of carbonyl (C=O) groups excluding carboxylic acids is 1. The van der Waals surface area contributed by atoms with Crippen molar-refractivity contribution in [1.82, 2.24) is 20.2 Å². The van der Waals surface area contributed by atoms with Crippen LogP contribution in [0.15, 0.2) is 47.6 Å². The minimum Gasteiger partial charge on any atom is -0.320 e. The van der Waals surface area contributed by atoms with E-state index in [1.165, 1.54) is 22.9 Å². The molecule has 0 aliphatic rings. The van der Waals surface area contributed by atoms with Crippen LogP contribution >= 0.6 is 23.4 Å². The maximum absolute atomic E-state index is 12.2. The van der Waals surface area contributed by atoms with Crippen molar-refractivity contribution in [3.05, 3.63) is 63.2 Å². The number of nitrogens with zero attached hydrogens (tertiary/aromatic N) is 5. The molecule has 2 aromatic carbocycles. The molecule has 3 rings (SSSR count). The van der Waals surface area contributed by atoms with Gasteiger partial charge in [0.25, 0.3) is 5.69 Å². The molecule has 1 N–H and O–H groups in total. The van der Waals surface area contributed by atoms with Gasteiger partial charge in [-0.2, -0.15) is 4.68 Å². The van der Waals surface area contributed by atoms with Gasteiger partial charge in [-0.05, 0) is 47.2 Å². The Kier molecular flexibility index (Phi) is 5.67. The van der Waals surface area contributed by atoms with Crippen molar-refractivity contribution in [2.75, 3.05) is 11.1 Å². The zero-order valence-corrected chi connectivity index (χ0v) is 15.6. The van der Waals surface area contributed by atoms with Crippen LogP contribution in [0.4, 0.5) is 11.4 Å². The van der Waals surface area contributed by atoms with E-state index in [-0.39, 0.29) is 17.1 Å². The lowest BCUT2D eigenvalue weighted by Gasteiger charge is -2.08. The molecule has 1 aromatic heterocycles. The van der Waals surface area contributed by atoms with Gasteiger partial charge in [-0.15, -0.1) is 5.10 Å². The van der Waals surface area contributed by atoms with Gasteiger partial charge in [0.2, 0.25) is 11.1 Å². The van der Waals surface area contributed by atoms with Gasteiger partial charge >= 0.3 is 0 Å². The average molecular weight is 405 g/mol. The normalized spacial score (nSPS) is 10.6. The van der Waals surface area contributed by atoms with Crippen molar-refractivity contribution < 1.29 is 9.72 Å². The lowest BCUT2D eigenvalue weighted by molar-refractivity contribution is -0.383. The Hall–Kier alpha value is -2.98. The molecule has 1 heterocycles. The number of thioether (sulfide) groups is 1. The molecule has 11 heteroatoms. The summed E-state index contributed by atoms with van der Waals surface area (Å²) in [5, 5.41) is 26.1. The van der Waals surface area contributed by atoms with Crippen molar-refractivity contribution in [2.45, 2.75) is 12.1 Å². The Morgan fingerprint density at radius 2 is 2.11 bits per heavy atom. The maximum atomic E-state index is 12.2. The summed E-state index contributed by atoms with van der Waals surface area (Å²) >= 11 is 7.08. The van der Waals surface area contributed by atoms with Crippen LogP contribution in [-0.2, 0) is 4.79 Å². The van der Waals surface area contributed by atoms with E-state index >= 15 is 0 Å². The molecule has 0 saturated carbocycles. The predicted octanol–water partition coefficient (Wildman–Crippen LogP) is 3.26. The highest BCUT2D eigenvalue weighted by atomic mass is 35.5. The number of hydrogen-bond acceptors (Lipinski definition) is 7. The summed E-state index contributed by atoms with van der Waals surface area (Å²) in [5.41, 5.74) is 1.59. The fourth-order valence-corrected chi connectivity index (χ4v) is 3.24. The van der Waals surface area contributed by atoms with Crippen LogP contribution in [0.3, 0.4) is 0 Å². The third-order valence-electron chi connectivity index (χ3n) is 3.54. The number of nitrogens with one attached hydrogen (secondary N) is 1. The van der Waals surface area contributed by atoms with Gasteiger partial charge in [0.15, 0.2) is 0 Å². The molecular formula is C16H13ClN6O3S. The molecule has 9 nitrogen and oxygen atoms in total. The van der Waals surface area contributed by atoms with Gasteiger partial charge in [0.05, 0.1) is 16.4 Å². The number of rotatable bonds is 6. The molecule has 0 spiro atoms. The molecule has 1 amide bonds. The zero-order valence-electron chi connectivity index (χ0n) is 14.0. The van der Waals surface area contributed by atoms with Gasteiger partial charge in [0.1, 0.15) is 5.69 Å². The lowest BCUT2D eigenvalue weighted by Crippen LogP contribution is -2.15. The highest BCUT2D eigenvalue weighted by molar-refractivity contribution is 7.99. The van der Waals surface area contributed by atoms with Crippen LogP contribution in [0, 0.1) is 17.0 Å². The molecule has 0 radical (unpaired) electrons. The van der Waals surface area contributed by atoms with Crippen LogP contribution in [0.5, 0.6) is 0 Å². The van der Waals surface area contributed by atoms with Crippen LogP contribution < -0.4 is 5.32 Å². The quantitative estimate of drug-likeness (QED) is 0.380. The summed E-state index contributed by atoms with van der Waals surface area (Å²) < 4.78 is 1.51. The number of tetrazole rings is 1. The second-order valence-electron chi connectivity index (χ2n) is 5.42. The number of halogens is 1. The second kappa shape index (κ2) is 8.14. The topological polar surface area (TPSA) is 116 Å². The molecule has 0 bridgehead atoms. The first kappa shape index (κ1) is 18.8. The average Bonchev–Trinajstić information content (AvgIpc) is 3.08. The molecule has 3 aromatic rings. The summed E-state index contributed by atoms with van der Waals surface area (Å²) in [6.07, 6.45) is 0. The first-order valence-electron chi connectivity index (χ1n) is 7.66. The number of nitro groups is 1. The lowest BCUT2D eigenvalue weighted by atomic mass is 10.2. The first-order chi connectivity index (χ1) is 13.0. The third-order valence-corrected chi connectivity index (χ3v) is 4.69. The first-order valence-corrected chi connectivity index (χ1v) is 9.03. The molecule has 0 fully saturated rings. The Balaban J connectivity index is 1.71. The van der Waals surface area contributed by atoms with E-state index in [2.05, 4.69) is 20.8 Å². The van der Waals surface area contributed by atoms with Gasteiger partial charge in [-0.3, -0.25) is 14.9 Å². The monoisotopic (exact) mass is 404 g/mol. The standard InChI is InChI=1S/C16H13ClN6O3S/c1-10-8-11(17)6-7-13(10)22-16(19-20-21-22)27-9-15(24)18-12-4-2-3-5-14(12)23(25)26/h2-8H,9H2,1H3,(H,18,24). The van der Waals surface area contributed by atoms with Crippen LogP contribution in [0.25, 0.3) is 5.69 Å².